The van der Waals surface area contributed by atoms with E-state index in [1.165, 1.54) is 0 Å². The topological polar surface area (TPSA) is 83.5 Å². The van der Waals surface area contributed by atoms with Gasteiger partial charge in [0.15, 0.2) is 18.3 Å². The molecule has 0 radical (unpaired) electrons. The van der Waals surface area contributed by atoms with E-state index in [-0.39, 0.29) is 6.61 Å². The summed E-state index contributed by atoms with van der Waals surface area (Å²) in [6.45, 7) is 4.12. The predicted molar refractivity (Wildman–Crippen MR) is 185 cm³/mol. The highest BCUT2D eigenvalue weighted by Crippen LogP contribution is 2.41. The quantitative estimate of drug-likeness (QED) is 0.137. The molecule has 0 aliphatic carbocycles. The van der Waals surface area contributed by atoms with Gasteiger partial charge >= 0.3 is 5.97 Å². The second-order valence-corrected chi connectivity index (χ2v) is 11.7. The Morgan fingerprint density at radius 2 is 1.15 bits per heavy atom. The third-order valence-electron chi connectivity index (χ3n) is 8.10. The Hall–Kier alpha value is -5.53. The molecule has 7 heteroatoms. The van der Waals surface area contributed by atoms with Gasteiger partial charge in [0.05, 0.1) is 0 Å². The smallest absolute Gasteiger partial charge is 0.328 e. The number of carbonyl (C=O) groups is 1. The van der Waals surface area contributed by atoms with Crippen molar-refractivity contribution in [2.45, 2.75) is 44.4 Å². The molecule has 0 aromatic heterocycles. The fourth-order valence-electron chi connectivity index (χ4n) is 6.00. The van der Waals surface area contributed by atoms with E-state index < -0.39 is 36.5 Å². The molecular formula is C41H38O7. The SMILES string of the molecule is Cc1cc(C)c(/C=C/C(=O)O)c([C@H]2O[C@H](COc3ccccc3)[C@@H](Oc3ccccc3)[C@H](Oc3ccccc3)[C@@H]2Oc2ccccc2)c1. The van der Waals surface area contributed by atoms with Gasteiger partial charge in [-0.3, -0.25) is 0 Å². The zero-order chi connectivity index (χ0) is 33.3. The summed E-state index contributed by atoms with van der Waals surface area (Å²) >= 11 is 0. The van der Waals surface area contributed by atoms with Gasteiger partial charge in [-0.1, -0.05) is 90.5 Å². The Morgan fingerprint density at radius 1 is 0.667 bits per heavy atom. The molecule has 48 heavy (non-hydrogen) atoms. The summed E-state index contributed by atoms with van der Waals surface area (Å²) in [6.07, 6.45) is -0.745. The molecule has 5 atom stereocenters. The van der Waals surface area contributed by atoms with E-state index in [1.54, 1.807) is 6.08 Å². The fourth-order valence-corrected chi connectivity index (χ4v) is 6.00. The van der Waals surface area contributed by atoms with Gasteiger partial charge in [-0.25, -0.2) is 4.79 Å². The maximum absolute atomic E-state index is 11.7. The van der Waals surface area contributed by atoms with Crippen LogP contribution in [0, 0.1) is 13.8 Å². The summed E-state index contributed by atoms with van der Waals surface area (Å²) in [5.41, 5.74) is 3.41. The number of aliphatic carboxylic acids is 1. The number of rotatable bonds is 12. The van der Waals surface area contributed by atoms with E-state index in [2.05, 4.69) is 0 Å². The van der Waals surface area contributed by atoms with Crippen molar-refractivity contribution in [2.24, 2.45) is 0 Å². The van der Waals surface area contributed by atoms with E-state index >= 15 is 0 Å². The van der Waals surface area contributed by atoms with Crippen molar-refractivity contribution in [2.75, 3.05) is 6.61 Å². The van der Waals surface area contributed by atoms with Crippen molar-refractivity contribution in [1.29, 1.82) is 0 Å². The summed E-state index contributed by atoms with van der Waals surface area (Å²) in [5, 5.41) is 9.57. The Bertz CT molecular complexity index is 1790. The molecule has 7 nitrogen and oxygen atoms in total. The Kier molecular flexibility index (Phi) is 10.4. The monoisotopic (exact) mass is 642 g/mol. The number of para-hydroxylation sites is 4. The third-order valence-corrected chi connectivity index (χ3v) is 8.10. The van der Waals surface area contributed by atoms with Gasteiger partial charge in [0, 0.05) is 6.08 Å². The van der Waals surface area contributed by atoms with E-state index in [0.717, 1.165) is 28.3 Å². The average Bonchev–Trinajstić information content (AvgIpc) is 3.10. The van der Waals surface area contributed by atoms with Crippen LogP contribution in [0.3, 0.4) is 0 Å². The van der Waals surface area contributed by atoms with Gasteiger partial charge in [-0.05, 0) is 85.1 Å². The second kappa shape index (κ2) is 15.4. The lowest BCUT2D eigenvalue weighted by molar-refractivity contribution is -0.210. The summed E-state index contributed by atoms with van der Waals surface area (Å²) in [5.74, 6) is 1.56. The van der Waals surface area contributed by atoms with Crippen LogP contribution in [0.1, 0.15) is 28.4 Å². The van der Waals surface area contributed by atoms with E-state index in [0.29, 0.717) is 23.0 Å². The highest BCUT2D eigenvalue weighted by molar-refractivity contribution is 5.86. The normalized spacial score (nSPS) is 20.6. The molecule has 1 N–H and O–H groups in total. The molecular weight excluding hydrogens is 604 g/mol. The van der Waals surface area contributed by atoms with Crippen LogP contribution in [0.25, 0.3) is 6.08 Å². The van der Waals surface area contributed by atoms with Crippen molar-refractivity contribution < 1.29 is 33.6 Å². The molecule has 1 heterocycles. The molecule has 6 rings (SSSR count). The molecule has 0 saturated carbocycles. The van der Waals surface area contributed by atoms with Crippen LogP contribution < -0.4 is 18.9 Å². The lowest BCUT2D eigenvalue weighted by atomic mass is 9.86. The van der Waals surface area contributed by atoms with Gasteiger partial charge in [-0.2, -0.15) is 0 Å². The number of aryl methyl sites for hydroxylation is 2. The maximum Gasteiger partial charge on any atom is 0.328 e. The van der Waals surface area contributed by atoms with E-state index in [4.69, 9.17) is 23.7 Å². The van der Waals surface area contributed by atoms with Gasteiger partial charge in [0.1, 0.15) is 41.8 Å². The first-order valence-electron chi connectivity index (χ1n) is 15.9. The van der Waals surface area contributed by atoms with Crippen LogP contribution in [0.5, 0.6) is 23.0 Å². The van der Waals surface area contributed by atoms with Crippen molar-refractivity contribution >= 4 is 12.0 Å². The van der Waals surface area contributed by atoms with Crippen molar-refractivity contribution in [3.8, 4) is 23.0 Å². The predicted octanol–water partition coefficient (Wildman–Crippen LogP) is 8.26. The number of ether oxygens (including phenoxy) is 5. The number of hydrogen-bond donors (Lipinski definition) is 1. The van der Waals surface area contributed by atoms with E-state index in [1.807, 2.05) is 147 Å². The molecule has 1 saturated heterocycles. The van der Waals surface area contributed by atoms with Crippen molar-refractivity contribution in [1.82, 2.24) is 0 Å². The highest BCUT2D eigenvalue weighted by atomic mass is 16.6. The molecule has 244 valence electrons. The average molecular weight is 643 g/mol. The Balaban J connectivity index is 1.51. The first kappa shape index (κ1) is 32.4. The van der Waals surface area contributed by atoms with Gasteiger partial charge < -0.3 is 28.8 Å². The lowest BCUT2D eigenvalue weighted by Gasteiger charge is -2.46. The Morgan fingerprint density at radius 3 is 1.67 bits per heavy atom. The molecule has 1 aliphatic heterocycles. The number of benzene rings is 5. The lowest BCUT2D eigenvalue weighted by Crippen LogP contribution is -2.62. The van der Waals surface area contributed by atoms with Crippen LogP contribution in [0.2, 0.25) is 0 Å². The summed E-state index contributed by atoms with van der Waals surface area (Å²) in [4.78, 5) is 11.7. The van der Waals surface area contributed by atoms with Crippen LogP contribution >= 0.6 is 0 Å². The highest BCUT2D eigenvalue weighted by Gasteiger charge is 2.52. The molecule has 0 bridgehead atoms. The standard InChI is InChI=1S/C41H38O7/c1-28-25-29(2)34(23-24-37(42)43)35(26-28)38-40(46-32-19-11-5-12-20-32)41(47-33-21-13-6-14-22-33)39(45-31-17-9-4-10-18-31)36(48-38)27-44-30-15-7-3-8-16-30/h3-26,36,38-41H,27H2,1-2H3,(H,42,43)/b24-23+/t36-,38-,39-,40-,41+/m1/s1. The molecule has 0 amide bonds. The van der Waals surface area contributed by atoms with Crippen LogP contribution in [0.4, 0.5) is 0 Å². The molecule has 5 aromatic carbocycles. The number of carboxylic acids is 1. The molecule has 5 aromatic rings. The second-order valence-electron chi connectivity index (χ2n) is 11.7. The fraction of sp³-hybridized carbons (Fsp3) is 0.195. The minimum Gasteiger partial charge on any atom is -0.491 e. The Labute approximate surface area is 281 Å². The van der Waals surface area contributed by atoms with Crippen LogP contribution in [0.15, 0.2) is 140 Å². The maximum atomic E-state index is 11.7. The van der Waals surface area contributed by atoms with Gasteiger partial charge in [0.2, 0.25) is 0 Å². The molecule has 0 unspecified atom stereocenters. The molecule has 1 aliphatic rings. The minimum atomic E-state index is -1.04. The molecule has 0 spiro atoms. The zero-order valence-electron chi connectivity index (χ0n) is 26.8. The third kappa shape index (κ3) is 8.06. The first-order valence-corrected chi connectivity index (χ1v) is 15.9. The van der Waals surface area contributed by atoms with Crippen LogP contribution in [-0.4, -0.2) is 42.1 Å². The zero-order valence-corrected chi connectivity index (χ0v) is 26.8. The minimum absolute atomic E-state index is 0.149. The summed E-state index contributed by atoms with van der Waals surface area (Å²) in [6, 6.07) is 42.2. The van der Waals surface area contributed by atoms with Crippen molar-refractivity contribution in [3.63, 3.8) is 0 Å². The first-order chi connectivity index (χ1) is 23.4. The van der Waals surface area contributed by atoms with E-state index in [9.17, 15) is 9.90 Å². The molecule has 1 fully saturated rings. The van der Waals surface area contributed by atoms with Crippen molar-refractivity contribution in [3.05, 3.63) is 162 Å². The number of hydrogen-bond acceptors (Lipinski definition) is 6. The largest absolute Gasteiger partial charge is 0.491 e. The number of carboxylic acid groups (broad SMARTS) is 1. The summed E-state index contributed by atoms with van der Waals surface area (Å²) in [7, 11) is 0. The van der Waals surface area contributed by atoms with Crippen LogP contribution in [-0.2, 0) is 9.53 Å². The van der Waals surface area contributed by atoms with Gasteiger partial charge in [-0.15, -0.1) is 0 Å². The van der Waals surface area contributed by atoms with Gasteiger partial charge in [0.25, 0.3) is 0 Å². The summed E-state index contributed by atoms with van der Waals surface area (Å²) < 4.78 is 33.8.